The molecule has 1 aliphatic heterocycles. The van der Waals surface area contributed by atoms with Crippen molar-refractivity contribution in [2.24, 2.45) is 5.92 Å². The fraction of sp³-hybridized carbons (Fsp3) is 0.647. The van der Waals surface area contributed by atoms with E-state index in [9.17, 15) is 4.79 Å². The van der Waals surface area contributed by atoms with Gasteiger partial charge in [0.25, 0.3) is 0 Å². The van der Waals surface area contributed by atoms with Crippen LogP contribution in [0.3, 0.4) is 0 Å². The molecule has 2 aliphatic rings. The number of piperidine rings is 1. The Morgan fingerprint density at radius 3 is 2.82 bits per heavy atom. The Bertz CT molecular complexity index is 490. The number of hydrogen-bond donors (Lipinski definition) is 2. The van der Waals surface area contributed by atoms with Crippen molar-refractivity contribution in [1.82, 2.24) is 15.6 Å². The highest BCUT2D eigenvalue weighted by Gasteiger charge is 2.34. The number of halogens is 1. The van der Waals surface area contributed by atoms with E-state index in [0.29, 0.717) is 6.04 Å². The molecule has 120 valence electrons. The van der Waals surface area contributed by atoms with E-state index >= 15 is 0 Å². The van der Waals surface area contributed by atoms with Gasteiger partial charge in [-0.25, -0.2) is 0 Å². The molecule has 0 aromatic carbocycles. The molecule has 4 nitrogen and oxygen atoms in total. The fourth-order valence-corrected chi connectivity index (χ4v) is 3.97. The number of alkyl halides is 1. The zero-order valence-electron chi connectivity index (χ0n) is 12.8. The predicted octanol–water partition coefficient (Wildman–Crippen LogP) is 2.44. The van der Waals surface area contributed by atoms with Crippen LogP contribution in [0.4, 0.5) is 0 Å². The largest absolute Gasteiger partial charge is 0.353 e. The van der Waals surface area contributed by atoms with Gasteiger partial charge in [0.05, 0.1) is 0 Å². The van der Waals surface area contributed by atoms with Crippen LogP contribution < -0.4 is 10.6 Å². The van der Waals surface area contributed by atoms with Crippen LogP contribution in [0, 0.1) is 5.92 Å². The first kappa shape index (κ1) is 15.8. The van der Waals surface area contributed by atoms with Crippen molar-refractivity contribution in [3.05, 3.63) is 30.1 Å². The van der Waals surface area contributed by atoms with Crippen LogP contribution in [-0.2, 0) is 4.79 Å². The van der Waals surface area contributed by atoms with Crippen LogP contribution in [0.5, 0.6) is 0 Å². The SMILES string of the molecule is O=C(NC1CCNCC1)C1CCC(Cl)C(c2cccnc2)C1. The van der Waals surface area contributed by atoms with Crippen molar-refractivity contribution >= 4 is 17.5 Å². The lowest BCUT2D eigenvalue weighted by atomic mass is 9.77. The molecular formula is C17H24ClN3O. The quantitative estimate of drug-likeness (QED) is 0.841. The number of carbonyl (C=O) groups excluding carboxylic acids is 1. The Morgan fingerprint density at radius 1 is 1.27 bits per heavy atom. The molecule has 1 amide bonds. The number of aromatic nitrogens is 1. The van der Waals surface area contributed by atoms with Gasteiger partial charge in [0.2, 0.25) is 5.91 Å². The summed E-state index contributed by atoms with van der Waals surface area (Å²) in [7, 11) is 0. The number of nitrogens with zero attached hydrogens (tertiary/aromatic N) is 1. The fourth-order valence-electron chi connectivity index (χ4n) is 3.60. The maximum atomic E-state index is 12.6. The van der Waals surface area contributed by atoms with Crippen molar-refractivity contribution in [3.8, 4) is 0 Å². The molecule has 2 fully saturated rings. The molecule has 2 heterocycles. The second-order valence-corrected chi connectivity index (χ2v) is 7.01. The van der Waals surface area contributed by atoms with Gasteiger partial charge in [-0.15, -0.1) is 11.6 Å². The van der Waals surface area contributed by atoms with Gasteiger partial charge in [0.1, 0.15) is 0 Å². The Morgan fingerprint density at radius 2 is 2.09 bits per heavy atom. The lowest BCUT2D eigenvalue weighted by molar-refractivity contribution is -0.127. The number of pyridine rings is 1. The van der Waals surface area contributed by atoms with Crippen molar-refractivity contribution in [2.75, 3.05) is 13.1 Å². The van der Waals surface area contributed by atoms with Gasteiger partial charge in [-0.3, -0.25) is 9.78 Å². The second kappa shape index (κ2) is 7.42. The number of nitrogens with one attached hydrogen (secondary N) is 2. The minimum atomic E-state index is 0.0788. The number of hydrogen-bond acceptors (Lipinski definition) is 3. The average Bonchev–Trinajstić information content (AvgIpc) is 2.57. The molecule has 1 aromatic heterocycles. The monoisotopic (exact) mass is 321 g/mol. The Labute approximate surface area is 137 Å². The predicted molar refractivity (Wildman–Crippen MR) is 88.0 cm³/mol. The number of carbonyl (C=O) groups is 1. The highest BCUT2D eigenvalue weighted by molar-refractivity contribution is 6.21. The summed E-state index contributed by atoms with van der Waals surface area (Å²) < 4.78 is 0. The molecule has 0 spiro atoms. The van der Waals surface area contributed by atoms with Crippen LogP contribution in [0.25, 0.3) is 0 Å². The van der Waals surface area contributed by atoms with E-state index in [-0.39, 0.29) is 23.1 Å². The minimum absolute atomic E-state index is 0.0788. The molecule has 3 unspecified atom stereocenters. The molecule has 1 aromatic rings. The highest BCUT2D eigenvalue weighted by atomic mass is 35.5. The number of rotatable bonds is 3. The van der Waals surface area contributed by atoms with Crippen molar-refractivity contribution < 1.29 is 4.79 Å². The summed E-state index contributed by atoms with van der Waals surface area (Å²) >= 11 is 6.51. The van der Waals surface area contributed by atoms with Gasteiger partial charge in [-0.1, -0.05) is 6.07 Å². The Balaban J connectivity index is 1.61. The summed E-state index contributed by atoms with van der Waals surface area (Å²) in [6.45, 7) is 2.00. The smallest absolute Gasteiger partial charge is 0.223 e. The standard InChI is InChI=1S/C17H24ClN3O/c18-16-4-3-12(10-15(16)13-2-1-7-20-11-13)17(22)21-14-5-8-19-9-6-14/h1-2,7,11-12,14-16,19H,3-6,8-10H2,(H,21,22). The van der Waals surface area contributed by atoms with Crippen LogP contribution in [0.15, 0.2) is 24.5 Å². The summed E-state index contributed by atoms with van der Waals surface area (Å²) in [5.41, 5.74) is 1.15. The van der Waals surface area contributed by atoms with Gasteiger partial charge in [0, 0.05) is 35.6 Å². The van der Waals surface area contributed by atoms with Gasteiger partial charge in [-0.2, -0.15) is 0 Å². The summed E-state index contributed by atoms with van der Waals surface area (Å²) in [6.07, 6.45) is 8.33. The summed E-state index contributed by atoms with van der Waals surface area (Å²) in [5, 5.41) is 6.67. The molecule has 22 heavy (non-hydrogen) atoms. The van der Waals surface area contributed by atoms with Crippen LogP contribution >= 0.6 is 11.6 Å². The maximum Gasteiger partial charge on any atom is 0.223 e. The summed E-state index contributed by atoms with van der Waals surface area (Å²) in [5.74, 6) is 0.521. The topological polar surface area (TPSA) is 54.0 Å². The Kier molecular flexibility index (Phi) is 5.32. The van der Waals surface area contributed by atoms with Crippen LogP contribution in [-0.4, -0.2) is 35.4 Å². The highest BCUT2D eigenvalue weighted by Crippen LogP contribution is 2.39. The molecule has 1 saturated carbocycles. The molecule has 5 heteroatoms. The third-order valence-corrected chi connectivity index (χ3v) is 5.46. The van der Waals surface area contributed by atoms with E-state index < -0.39 is 0 Å². The van der Waals surface area contributed by atoms with Crippen LogP contribution in [0.2, 0.25) is 0 Å². The van der Waals surface area contributed by atoms with Gasteiger partial charge in [-0.05, 0) is 56.8 Å². The lowest BCUT2D eigenvalue weighted by Crippen LogP contribution is -2.46. The minimum Gasteiger partial charge on any atom is -0.353 e. The molecule has 0 radical (unpaired) electrons. The van der Waals surface area contributed by atoms with E-state index in [1.54, 1.807) is 6.20 Å². The zero-order chi connectivity index (χ0) is 15.4. The molecule has 1 aliphatic carbocycles. The number of amides is 1. The first-order valence-electron chi connectivity index (χ1n) is 8.29. The maximum absolute atomic E-state index is 12.6. The van der Waals surface area contributed by atoms with E-state index in [2.05, 4.69) is 21.7 Å². The third-order valence-electron chi connectivity index (χ3n) is 4.93. The molecule has 3 atom stereocenters. The molecular weight excluding hydrogens is 298 g/mol. The van der Waals surface area contributed by atoms with E-state index in [1.165, 1.54) is 0 Å². The normalized spacial score (nSPS) is 30.0. The molecule has 0 bridgehead atoms. The van der Waals surface area contributed by atoms with E-state index in [1.807, 2.05) is 12.3 Å². The van der Waals surface area contributed by atoms with Crippen molar-refractivity contribution in [2.45, 2.75) is 49.4 Å². The molecule has 1 saturated heterocycles. The summed E-state index contributed by atoms with van der Waals surface area (Å²) in [4.78, 5) is 16.8. The van der Waals surface area contributed by atoms with Gasteiger partial charge >= 0.3 is 0 Å². The second-order valence-electron chi connectivity index (χ2n) is 6.45. The van der Waals surface area contributed by atoms with Gasteiger partial charge in [0.15, 0.2) is 0 Å². The average molecular weight is 322 g/mol. The third kappa shape index (κ3) is 3.79. The first-order valence-corrected chi connectivity index (χ1v) is 8.73. The van der Waals surface area contributed by atoms with Crippen LogP contribution in [0.1, 0.15) is 43.6 Å². The first-order chi connectivity index (χ1) is 10.7. The van der Waals surface area contributed by atoms with Gasteiger partial charge < -0.3 is 10.6 Å². The molecule has 3 rings (SSSR count). The van der Waals surface area contributed by atoms with Crippen molar-refractivity contribution in [1.29, 1.82) is 0 Å². The molecule has 2 N–H and O–H groups in total. The van der Waals surface area contributed by atoms with E-state index in [0.717, 1.165) is 50.8 Å². The lowest BCUT2D eigenvalue weighted by Gasteiger charge is -2.34. The van der Waals surface area contributed by atoms with E-state index in [4.69, 9.17) is 11.6 Å². The summed E-state index contributed by atoms with van der Waals surface area (Å²) in [6, 6.07) is 4.34. The van der Waals surface area contributed by atoms with Crippen molar-refractivity contribution in [3.63, 3.8) is 0 Å². The zero-order valence-corrected chi connectivity index (χ0v) is 13.6. The Hall–Kier alpha value is -1.13.